The van der Waals surface area contributed by atoms with Gasteiger partial charge in [0.2, 0.25) is 0 Å². The van der Waals surface area contributed by atoms with E-state index >= 15 is 0 Å². The van der Waals surface area contributed by atoms with Gasteiger partial charge >= 0.3 is 5.97 Å². The summed E-state index contributed by atoms with van der Waals surface area (Å²) in [5, 5.41) is 19.4. The van der Waals surface area contributed by atoms with Crippen molar-refractivity contribution in [3.63, 3.8) is 0 Å². The first kappa shape index (κ1) is 16.7. The molecule has 1 heterocycles. The van der Waals surface area contributed by atoms with Crippen molar-refractivity contribution in [2.24, 2.45) is 0 Å². The van der Waals surface area contributed by atoms with Crippen LogP contribution < -0.4 is 0 Å². The highest BCUT2D eigenvalue weighted by atomic mass is 16.5. The zero-order valence-corrected chi connectivity index (χ0v) is 13.4. The molecular weight excluding hydrogens is 296 g/mol. The van der Waals surface area contributed by atoms with Crippen LogP contribution in [0.15, 0.2) is 46.6 Å². The predicted molar refractivity (Wildman–Crippen MR) is 86.0 cm³/mol. The van der Waals surface area contributed by atoms with E-state index in [1.807, 2.05) is 19.9 Å². The molecule has 0 saturated heterocycles. The third-order valence-corrected chi connectivity index (χ3v) is 3.29. The molecule has 2 aromatic rings. The van der Waals surface area contributed by atoms with Crippen LogP contribution in [0.5, 0.6) is 11.5 Å². The van der Waals surface area contributed by atoms with Crippen LogP contribution >= 0.6 is 0 Å². The minimum atomic E-state index is -0.459. The van der Waals surface area contributed by atoms with Crippen LogP contribution in [-0.2, 0) is 9.53 Å². The first-order chi connectivity index (χ1) is 10.9. The van der Waals surface area contributed by atoms with Gasteiger partial charge in [-0.25, -0.2) is 0 Å². The van der Waals surface area contributed by atoms with Crippen molar-refractivity contribution in [1.82, 2.24) is 0 Å². The zero-order valence-electron chi connectivity index (χ0n) is 13.4. The lowest BCUT2D eigenvalue weighted by molar-refractivity contribution is -0.146. The molecule has 5 nitrogen and oxygen atoms in total. The Kier molecular flexibility index (Phi) is 5.11. The van der Waals surface area contributed by atoms with Gasteiger partial charge in [-0.1, -0.05) is 11.6 Å². The van der Waals surface area contributed by atoms with E-state index in [0.717, 1.165) is 5.57 Å². The molecule has 0 unspecified atom stereocenters. The van der Waals surface area contributed by atoms with Gasteiger partial charge in [0.25, 0.3) is 0 Å². The molecule has 0 radical (unpaired) electrons. The van der Waals surface area contributed by atoms with E-state index in [-0.39, 0.29) is 17.5 Å². The summed E-state index contributed by atoms with van der Waals surface area (Å²) in [6.07, 6.45) is 3.55. The highest BCUT2D eigenvalue weighted by Gasteiger charge is 2.18. The Morgan fingerprint density at radius 1 is 1.26 bits per heavy atom. The second-order valence-corrected chi connectivity index (χ2v) is 5.56. The second-order valence-electron chi connectivity index (χ2n) is 5.56. The standard InChI is InChI=1S/C18H20O5/c1-11(2)4-7-17(23-12(3)19)13-8-18(22-10-13)15-9-14(20)5-6-16(15)21/h4-6,8-10,17,20-21H,7H2,1-3H3/t17-/m1/s1. The first-order valence-corrected chi connectivity index (χ1v) is 7.28. The molecule has 2 rings (SSSR count). The lowest BCUT2D eigenvalue weighted by Gasteiger charge is -2.13. The third-order valence-electron chi connectivity index (χ3n) is 3.29. The Balaban J connectivity index is 2.32. The van der Waals surface area contributed by atoms with Crippen molar-refractivity contribution in [1.29, 1.82) is 0 Å². The average molecular weight is 316 g/mol. The van der Waals surface area contributed by atoms with E-state index in [0.29, 0.717) is 23.3 Å². The monoisotopic (exact) mass is 316 g/mol. The van der Waals surface area contributed by atoms with Gasteiger partial charge in [-0.15, -0.1) is 0 Å². The first-order valence-electron chi connectivity index (χ1n) is 7.28. The second kappa shape index (κ2) is 7.05. The number of hydrogen-bond donors (Lipinski definition) is 2. The summed E-state index contributed by atoms with van der Waals surface area (Å²) in [4.78, 5) is 11.3. The highest BCUT2D eigenvalue weighted by Crippen LogP contribution is 2.35. The number of phenolic OH excluding ortho intramolecular Hbond substituents is 2. The molecule has 0 amide bonds. The molecule has 0 bridgehead atoms. The van der Waals surface area contributed by atoms with Crippen LogP contribution in [0, 0.1) is 0 Å². The van der Waals surface area contributed by atoms with E-state index in [1.54, 1.807) is 6.07 Å². The zero-order chi connectivity index (χ0) is 17.0. The van der Waals surface area contributed by atoms with Crippen molar-refractivity contribution in [2.75, 3.05) is 0 Å². The lowest BCUT2D eigenvalue weighted by atomic mass is 10.1. The Bertz CT molecular complexity index is 723. The normalized spacial score (nSPS) is 11.8. The van der Waals surface area contributed by atoms with Gasteiger partial charge in [0, 0.05) is 18.9 Å². The molecule has 1 atom stereocenters. The molecule has 5 heteroatoms. The predicted octanol–water partition coefficient (Wildman–Crippen LogP) is 4.32. The fourth-order valence-corrected chi connectivity index (χ4v) is 2.18. The minimum absolute atomic E-state index is 0.00275. The molecule has 0 spiro atoms. The van der Waals surface area contributed by atoms with Crippen LogP contribution in [0.2, 0.25) is 0 Å². The maximum absolute atomic E-state index is 11.3. The van der Waals surface area contributed by atoms with Crippen molar-refractivity contribution in [3.8, 4) is 22.8 Å². The summed E-state index contributed by atoms with van der Waals surface area (Å²) in [5.74, 6) is 0.0386. The fourth-order valence-electron chi connectivity index (χ4n) is 2.18. The van der Waals surface area contributed by atoms with E-state index in [9.17, 15) is 15.0 Å². The Morgan fingerprint density at radius 2 is 2.00 bits per heavy atom. The van der Waals surface area contributed by atoms with Gasteiger partial charge in [-0.05, 0) is 38.1 Å². The smallest absolute Gasteiger partial charge is 0.303 e. The maximum Gasteiger partial charge on any atom is 0.303 e. The summed E-state index contributed by atoms with van der Waals surface area (Å²) < 4.78 is 10.8. The van der Waals surface area contributed by atoms with Crippen molar-refractivity contribution in [2.45, 2.75) is 33.3 Å². The van der Waals surface area contributed by atoms with Gasteiger partial charge in [0.05, 0.1) is 11.8 Å². The summed E-state index contributed by atoms with van der Waals surface area (Å²) in [6, 6.07) is 5.88. The van der Waals surface area contributed by atoms with Crippen LogP contribution in [-0.4, -0.2) is 16.2 Å². The molecule has 1 aromatic heterocycles. The molecular formula is C18H20O5. The Morgan fingerprint density at radius 3 is 2.65 bits per heavy atom. The molecule has 0 aliphatic carbocycles. The Labute approximate surface area is 134 Å². The third kappa shape index (κ3) is 4.39. The van der Waals surface area contributed by atoms with E-state index < -0.39 is 6.10 Å². The number of rotatable bonds is 5. The van der Waals surface area contributed by atoms with E-state index in [4.69, 9.17) is 9.15 Å². The SMILES string of the molecule is CC(=O)O[C@H](CC=C(C)C)c1coc(-c2cc(O)ccc2O)c1. The fraction of sp³-hybridized carbons (Fsp3) is 0.278. The van der Waals surface area contributed by atoms with Crippen LogP contribution in [0.3, 0.4) is 0 Å². The number of ether oxygens (including phenoxy) is 1. The van der Waals surface area contributed by atoms with Crippen molar-refractivity contribution < 1.29 is 24.2 Å². The summed E-state index contributed by atoms with van der Waals surface area (Å²) >= 11 is 0. The maximum atomic E-state index is 11.3. The molecule has 0 fully saturated rings. The molecule has 23 heavy (non-hydrogen) atoms. The number of allylic oxidation sites excluding steroid dienone is 1. The number of carbonyl (C=O) groups is 1. The summed E-state index contributed by atoms with van der Waals surface area (Å²) in [7, 11) is 0. The quantitative estimate of drug-likeness (QED) is 0.488. The average Bonchev–Trinajstić information content (AvgIpc) is 2.95. The number of esters is 1. The van der Waals surface area contributed by atoms with Gasteiger partial charge < -0.3 is 19.4 Å². The highest BCUT2D eigenvalue weighted by molar-refractivity contribution is 5.68. The molecule has 0 saturated carbocycles. The molecule has 2 N–H and O–H groups in total. The van der Waals surface area contributed by atoms with E-state index in [1.165, 1.54) is 31.4 Å². The number of aromatic hydroxyl groups is 2. The van der Waals surface area contributed by atoms with Gasteiger partial charge in [-0.3, -0.25) is 4.79 Å². The summed E-state index contributed by atoms with van der Waals surface area (Å²) in [6.45, 7) is 5.30. The number of furan rings is 1. The molecule has 0 aliphatic rings. The number of hydrogen-bond acceptors (Lipinski definition) is 5. The largest absolute Gasteiger partial charge is 0.508 e. The molecule has 1 aromatic carbocycles. The van der Waals surface area contributed by atoms with E-state index in [2.05, 4.69) is 0 Å². The van der Waals surface area contributed by atoms with Gasteiger partial charge in [0.15, 0.2) is 0 Å². The van der Waals surface area contributed by atoms with Crippen LogP contribution in [0.1, 0.15) is 38.9 Å². The molecule has 122 valence electrons. The topological polar surface area (TPSA) is 79.9 Å². The lowest BCUT2D eigenvalue weighted by Crippen LogP contribution is -2.07. The van der Waals surface area contributed by atoms with Crippen molar-refractivity contribution in [3.05, 3.63) is 47.7 Å². The molecule has 0 aliphatic heterocycles. The van der Waals surface area contributed by atoms with Crippen LogP contribution in [0.25, 0.3) is 11.3 Å². The minimum Gasteiger partial charge on any atom is -0.508 e. The number of benzene rings is 1. The number of carbonyl (C=O) groups excluding carboxylic acids is 1. The number of phenols is 2. The van der Waals surface area contributed by atoms with Crippen LogP contribution in [0.4, 0.5) is 0 Å². The van der Waals surface area contributed by atoms with Gasteiger partial charge in [0.1, 0.15) is 23.4 Å². The Hall–Kier alpha value is -2.69. The van der Waals surface area contributed by atoms with Crippen molar-refractivity contribution >= 4 is 5.97 Å². The van der Waals surface area contributed by atoms with Gasteiger partial charge in [-0.2, -0.15) is 0 Å². The summed E-state index contributed by atoms with van der Waals surface area (Å²) in [5.41, 5.74) is 2.19.